The van der Waals surface area contributed by atoms with Gasteiger partial charge in [0.1, 0.15) is 0 Å². The van der Waals surface area contributed by atoms with Gasteiger partial charge in [0.15, 0.2) is 6.29 Å². The average molecular weight is 224 g/mol. The van der Waals surface area contributed by atoms with Crippen LogP contribution in [0.4, 0.5) is 0 Å². The lowest BCUT2D eigenvalue weighted by molar-refractivity contribution is -0.255. The van der Waals surface area contributed by atoms with E-state index in [0.29, 0.717) is 11.8 Å². The molecule has 0 unspecified atom stereocenters. The summed E-state index contributed by atoms with van der Waals surface area (Å²) in [6, 6.07) is 0. The van der Waals surface area contributed by atoms with Gasteiger partial charge >= 0.3 is 0 Å². The Bertz CT molecular complexity index is 272. The third-order valence-electron chi connectivity index (χ3n) is 4.15. The van der Waals surface area contributed by atoms with E-state index >= 15 is 0 Å². The number of rotatable bonds is 1. The van der Waals surface area contributed by atoms with Crippen LogP contribution in [0.2, 0.25) is 0 Å². The van der Waals surface area contributed by atoms with Gasteiger partial charge in [0, 0.05) is 11.3 Å². The van der Waals surface area contributed by atoms with E-state index in [2.05, 4.69) is 33.8 Å². The maximum Gasteiger partial charge on any atom is 0.159 e. The molecule has 1 atom stereocenters. The van der Waals surface area contributed by atoms with E-state index in [1.165, 1.54) is 12.0 Å². The highest BCUT2D eigenvalue weighted by atomic mass is 16.7. The number of hydrogen-bond donors (Lipinski definition) is 0. The highest BCUT2D eigenvalue weighted by molar-refractivity contribution is 5.10. The highest BCUT2D eigenvalue weighted by Crippen LogP contribution is 2.43. The molecule has 0 radical (unpaired) electrons. The van der Waals surface area contributed by atoms with Gasteiger partial charge in [0.05, 0.1) is 13.2 Å². The molecule has 0 aromatic carbocycles. The summed E-state index contributed by atoms with van der Waals surface area (Å²) in [4.78, 5) is 0. The van der Waals surface area contributed by atoms with Gasteiger partial charge in [-0.15, -0.1) is 0 Å². The van der Waals surface area contributed by atoms with Gasteiger partial charge in [-0.05, 0) is 25.7 Å². The lowest BCUT2D eigenvalue weighted by Crippen LogP contribution is -2.48. The summed E-state index contributed by atoms with van der Waals surface area (Å²) >= 11 is 0. The van der Waals surface area contributed by atoms with E-state index in [0.717, 1.165) is 19.6 Å². The van der Waals surface area contributed by atoms with Crippen molar-refractivity contribution in [3.63, 3.8) is 0 Å². The van der Waals surface area contributed by atoms with Gasteiger partial charge in [0.2, 0.25) is 0 Å². The molecule has 2 aliphatic rings. The quantitative estimate of drug-likeness (QED) is 0.636. The van der Waals surface area contributed by atoms with Crippen molar-refractivity contribution in [3.8, 4) is 0 Å². The van der Waals surface area contributed by atoms with Crippen LogP contribution in [0.25, 0.3) is 0 Å². The third-order valence-corrected chi connectivity index (χ3v) is 4.15. The monoisotopic (exact) mass is 224 g/mol. The van der Waals surface area contributed by atoms with E-state index in [1.807, 2.05) is 0 Å². The molecule has 2 heteroatoms. The van der Waals surface area contributed by atoms with Crippen molar-refractivity contribution < 1.29 is 9.47 Å². The normalized spacial score (nSPS) is 40.2. The zero-order valence-corrected chi connectivity index (χ0v) is 11.0. The molecule has 1 fully saturated rings. The molecule has 2 rings (SSSR count). The largest absolute Gasteiger partial charge is 0.352 e. The van der Waals surface area contributed by atoms with E-state index in [1.54, 1.807) is 0 Å². The van der Waals surface area contributed by atoms with Crippen LogP contribution >= 0.6 is 0 Å². The zero-order chi connectivity index (χ0) is 11.8. The molecule has 0 saturated carbocycles. The maximum atomic E-state index is 5.89. The first kappa shape index (κ1) is 12.1. The van der Waals surface area contributed by atoms with Gasteiger partial charge in [-0.1, -0.05) is 32.4 Å². The van der Waals surface area contributed by atoms with Crippen LogP contribution < -0.4 is 0 Å². The fourth-order valence-electron chi connectivity index (χ4n) is 2.73. The molecule has 1 heterocycles. The Morgan fingerprint density at radius 2 is 1.94 bits per heavy atom. The summed E-state index contributed by atoms with van der Waals surface area (Å²) in [5, 5.41) is 0. The summed E-state index contributed by atoms with van der Waals surface area (Å²) in [5.41, 5.74) is 1.76. The first-order valence-corrected chi connectivity index (χ1v) is 6.42. The molecule has 0 amide bonds. The van der Waals surface area contributed by atoms with Crippen LogP contribution in [-0.2, 0) is 9.47 Å². The second-order valence-electron chi connectivity index (χ2n) is 5.96. The highest BCUT2D eigenvalue weighted by Gasteiger charge is 2.42. The number of ether oxygens (including phenoxy) is 2. The van der Waals surface area contributed by atoms with Crippen LogP contribution in [0.1, 0.15) is 40.5 Å². The molecule has 0 aromatic rings. The summed E-state index contributed by atoms with van der Waals surface area (Å²) in [5.74, 6) is 1.12. The molecule has 0 bridgehead atoms. The number of allylic oxidation sites excluding steroid dienone is 2. The number of hydrogen-bond acceptors (Lipinski definition) is 2. The van der Waals surface area contributed by atoms with Crippen molar-refractivity contribution in [1.82, 2.24) is 0 Å². The van der Waals surface area contributed by atoms with E-state index in [9.17, 15) is 0 Å². The Balaban J connectivity index is 2.01. The van der Waals surface area contributed by atoms with Crippen LogP contribution in [0.5, 0.6) is 0 Å². The molecular weight excluding hydrogens is 200 g/mol. The average Bonchev–Trinajstić information content (AvgIpc) is 2.25. The molecule has 1 spiro atoms. The first-order chi connectivity index (χ1) is 7.53. The minimum absolute atomic E-state index is 0.00447. The topological polar surface area (TPSA) is 18.5 Å². The zero-order valence-electron chi connectivity index (χ0n) is 11.0. The molecule has 1 aliphatic carbocycles. The fourth-order valence-corrected chi connectivity index (χ4v) is 2.73. The molecule has 2 nitrogen and oxygen atoms in total. The van der Waals surface area contributed by atoms with E-state index in [-0.39, 0.29) is 11.7 Å². The second-order valence-corrected chi connectivity index (χ2v) is 5.96. The van der Waals surface area contributed by atoms with Crippen molar-refractivity contribution in [2.75, 3.05) is 13.2 Å². The fraction of sp³-hybridized carbons (Fsp3) is 0.857. The lowest BCUT2D eigenvalue weighted by Gasteiger charge is -2.46. The van der Waals surface area contributed by atoms with Gasteiger partial charge in [-0.2, -0.15) is 0 Å². The maximum absolute atomic E-state index is 5.89. The Kier molecular flexibility index (Phi) is 3.41. The second kappa shape index (κ2) is 4.50. The predicted octanol–water partition coefficient (Wildman–Crippen LogP) is 3.38. The first-order valence-electron chi connectivity index (χ1n) is 6.42. The molecule has 1 aliphatic heterocycles. The van der Waals surface area contributed by atoms with Gasteiger partial charge < -0.3 is 9.47 Å². The van der Waals surface area contributed by atoms with Gasteiger partial charge in [-0.3, -0.25) is 0 Å². The van der Waals surface area contributed by atoms with Crippen molar-refractivity contribution >= 4 is 0 Å². The smallest absolute Gasteiger partial charge is 0.159 e. The van der Waals surface area contributed by atoms with Crippen LogP contribution in [0.3, 0.4) is 0 Å². The van der Waals surface area contributed by atoms with Crippen LogP contribution in [0.15, 0.2) is 11.6 Å². The Labute approximate surface area is 99.0 Å². The standard InChI is InChI=1S/C14H24O2/c1-10(2)13-15-8-14(9-16-13)6-5-11(3)7-12(14)4/h5,10,12-13H,6-9H2,1-4H3/t12-,13?,14?/m0/s1. The van der Waals surface area contributed by atoms with Crippen molar-refractivity contribution in [3.05, 3.63) is 11.6 Å². The van der Waals surface area contributed by atoms with Crippen LogP contribution in [-0.4, -0.2) is 19.5 Å². The molecule has 92 valence electrons. The minimum Gasteiger partial charge on any atom is -0.352 e. The van der Waals surface area contributed by atoms with Crippen molar-refractivity contribution in [2.45, 2.75) is 46.8 Å². The Hall–Kier alpha value is -0.340. The van der Waals surface area contributed by atoms with E-state index in [4.69, 9.17) is 9.47 Å². The van der Waals surface area contributed by atoms with Crippen molar-refractivity contribution in [1.29, 1.82) is 0 Å². The third kappa shape index (κ3) is 2.18. The van der Waals surface area contributed by atoms with Crippen LogP contribution in [0, 0.1) is 17.3 Å². The molecule has 0 aromatic heterocycles. The summed E-state index contributed by atoms with van der Waals surface area (Å²) in [6.45, 7) is 10.6. The summed E-state index contributed by atoms with van der Waals surface area (Å²) in [6.07, 6.45) is 4.68. The minimum atomic E-state index is 0.00447. The molecule has 0 N–H and O–H groups in total. The molecular formula is C14H24O2. The predicted molar refractivity (Wildman–Crippen MR) is 65.1 cm³/mol. The Morgan fingerprint density at radius 3 is 2.44 bits per heavy atom. The lowest BCUT2D eigenvalue weighted by atomic mass is 9.68. The SMILES string of the molecule is CC1=CCC2(COC(C(C)C)OC2)[C@@H](C)C1. The van der Waals surface area contributed by atoms with Crippen molar-refractivity contribution in [2.24, 2.45) is 17.3 Å². The summed E-state index contributed by atoms with van der Waals surface area (Å²) < 4.78 is 11.8. The van der Waals surface area contributed by atoms with E-state index < -0.39 is 0 Å². The Morgan fingerprint density at radius 1 is 1.31 bits per heavy atom. The van der Waals surface area contributed by atoms with Gasteiger partial charge in [0.25, 0.3) is 0 Å². The van der Waals surface area contributed by atoms with Gasteiger partial charge in [-0.25, -0.2) is 0 Å². The molecule has 1 saturated heterocycles. The molecule has 16 heavy (non-hydrogen) atoms. The summed E-state index contributed by atoms with van der Waals surface area (Å²) in [7, 11) is 0.